The topological polar surface area (TPSA) is 162 Å². The van der Waals surface area contributed by atoms with Gasteiger partial charge >= 0.3 is 17.6 Å². The van der Waals surface area contributed by atoms with Gasteiger partial charge in [-0.05, 0) is 24.3 Å². The Labute approximate surface area is 232 Å². The Kier molecular flexibility index (Phi) is 22.4. The maximum Gasteiger partial charge on any atom is 0.335 e. The fraction of sp³-hybridized carbons (Fsp3) is 0.300. The second kappa shape index (κ2) is 21.8. The highest BCUT2D eigenvalue weighted by Crippen LogP contribution is 2.27. The first-order chi connectivity index (χ1) is 17.8. The number of rotatable bonds is 7. The molecule has 18 heteroatoms. The number of aromatic carboxylic acids is 2. The number of carboxylic acid groups (broad SMARTS) is 2. The third-order valence-corrected chi connectivity index (χ3v) is 3.99. The standard InChI is InChI=1S/C8H7NO5.C8H9NO3.2C2H6.B8/c1-14-7-4-5(8(10)11)2-3-6(7)9(12)13;1-12-7-4-5(8(10)11)2-3-6(7)9;2*1-2;1-6(2)8(5)7(3)4/h2-4H,1H3,(H,10,11);2-4H,9H2,1H3,(H,10,11);2*1-2H3;. The lowest BCUT2D eigenvalue weighted by Crippen LogP contribution is -2.52. The minimum absolute atomic E-state index is 0.0487. The Hall–Kier alpha value is -3.30. The van der Waals surface area contributed by atoms with Crippen molar-refractivity contribution in [3.8, 4) is 11.5 Å². The van der Waals surface area contributed by atoms with Crippen LogP contribution in [0, 0.1) is 10.1 Å². The summed E-state index contributed by atoms with van der Waals surface area (Å²) in [6, 6.07) is 7.69. The number of nitro groups is 1. The largest absolute Gasteiger partial charge is 0.495 e. The van der Waals surface area contributed by atoms with Gasteiger partial charge in [0.25, 0.3) is 0 Å². The first kappa shape index (κ1) is 39.2. The van der Waals surface area contributed by atoms with E-state index in [0.29, 0.717) is 11.4 Å². The quantitative estimate of drug-likeness (QED) is 0.215. The Bertz CT molecular complexity index is 991. The van der Waals surface area contributed by atoms with Gasteiger partial charge in [-0.15, -0.1) is 0 Å². The van der Waals surface area contributed by atoms with Crippen LogP contribution in [0.4, 0.5) is 11.4 Å². The molecule has 2 aromatic rings. The van der Waals surface area contributed by atoms with E-state index < -0.39 is 36.0 Å². The second-order valence-electron chi connectivity index (χ2n) is 6.44. The highest BCUT2D eigenvalue weighted by molar-refractivity contribution is 7.89. The average Bonchev–Trinajstić information content (AvgIpc) is 2.90. The molecule has 0 aliphatic carbocycles. The second-order valence-corrected chi connectivity index (χ2v) is 6.44. The Balaban J connectivity index is -0.000000467. The van der Waals surface area contributed by atoms with E-state index in [2.05, 4.69) is 0 Å². The number of carbonyl (C=O) groups is 2. The molecule has 0 bridgehead atoms. The van der Waals surface area contributed by atoms with E-state index in [1.165, 1.54) is 32.4 Å². The highest BCUT2D eigenvalue weighted by Gasteiger charge is 2.17. The molecule has 0 unspecified atom stereocenters. The summed E-state index contributed by atoms with van der Waals surface area (Å²) in [7, 11) is 28.5. The van der Waals surface area contributed by atoms with Crippen molar-refractivity contribution in [2.45, 2.75) is 27.7 Å². The van der Waals surface area contributed by atoms with Gasteiger partial charge in [0.05, 0.1) is 36.0 Å². The Morgan fingerprint density at radius 1 is 0.816 bits per heavy atom. The SMILES string of the molecule is CC.CC.COc1cc(C(=O)O)ccc1N.COc1cc(C(=O)O)ccc1[N+](=O)[O-].[B]B([B])B([B])B([B])[B]. The molecule has 0 heterocycles. The molecule has 2 rings (SSSR count). The molecule has 10 nitrogen and oxygen atoms in total. The number of nitrogens with zero attached hydrogens (tertiary/aromatic N) is 1. The molecule has 0 saturated heterocycles. The molecule has 4 N–H and O–H groups in total. The normalized spacial score (nSPS) is 8.47. The molecular formula is C20H28B8N2O8. The summed E-state index contributed by atoms with van der Waals surface area (Å²) < 4.78 is 9.54. The lowest BCUT2D eigenvalue weighted by Gasteiger charge is -2.13. The molecule has 190 valence electrons. The van der Waals surface area contributed by atoms with Crippen molar-refractivity contribution < 1.29 is 34.2 Å². The van der Waals surface area contributed by atoms with Crippen LogP contribution in [0.2, 0.25) is 0 Å². The van der Waals surface area contributed by atoms with Crippen LogP contribution >= 0.6 is 0 Å². The van der Waals surface area contributed by atoms with Gasteiger partial charge in [0.15, 0.2) is 5.75 Å². The average molecular weight is 511 g/mol. The van der Waals surface area contributed by atoms with Crippen LogP contribution in [0.1, 0.15) is 48.4 Å². The Morgan fingerprint density at radius 2 is 1.18 bits per heavy atom. The van der Waals surface area contributed by atoms with Crippen LogP contribution in [0.25, 0.3) is 0 Å². The molecule has 2 aromatic carbocycles. The molecule has 0 atom stereocenters. The molecular weight excluding hydrogens is 483 g/mol. The molecule has 0 aromatic heterocycles. The summed E-state index contributed by atoms with van der Waals surface area (Å²) in [5.74, 6) is -1.82. The molecule has 38 heavy (non-hydrogen) atoms. The zero-order chi connectivity index (χ0) is 30.6. The zero-order valence-electron chi connectivity index (χ0n) is 22.5. The van der Waals surface area contributed by atoms with E-state index >= 15 is 0 Å². The van der Waals surface area contributed by atoms with Crippen LogP contribution in [0.3, 0.4) is 0 Å². The number of methoxy groups -OCH3 is 2. The number of hydrogen-bond acceptors (Lipinski definition) is 7. The predicted octanol–water partition coefficient (Wildman–Crippen LogP) is 1.28. The van der Waals surface area contributed by atoms with Crippen LogP contribution in [-0.2, 0) is 0 Å². The fourth-order valence-corrected chi connectivity index (χ4v) is 2.06. The summed E-state index contributed by atoms with van der Waals surface area (Å²) in [6.45, 7) is 8.00. The highest BCUT2D eigenvalue weighted by atomic mass is 16.6. The van der Waals surface area contributed by atoms with E-state index in [0.717, 1.165) is 18.2 Å². The summed E-state index contributed by atoms with van der Waals surface area (Å²) in [5.41, 5.74) is 5.78. The van der Waals surface area contributed by atoms with Gasteiger partial charge in [0.1, 0.15) is 5.75 Å². The number of nitrogen functional groups attached to an aromatic ring is 1. The van der Waals surface area contributed by atoms with E-state index in [1.807, 2.05) is 27.7 Å². The van der Waals surface area contributed by atoms with Crippen molar-refractivity contribution in [3.05, 3.63) is 57.6 Å². The van der Waals surface area contributed by atoms with Crippen LogP contribution in [-0.4, -0.2) is 99.1 Å². The van der Waals surface area contributed by atoms with Crippen molar-refractivity contribution in [2.24, 2.45) is 0 Å². The van der Waals surface area contributed by atoms with Gasteiger partial charge in [0.2, 0.25) is 0 Å². The van der Waals surface area contributed by atoms with Crippen molar-refractivity contribution >= 4 is 81.2 Å². The molecule has 0 aliphatic heterocycles. The lowest BCUT2D eigenvalue weighted by molar-refractivity contribution is -0.385. The number of anilines is 1. The number of benzene rings is 2. The fourth-order valence-electron chi connectivity index (χ4n) is 2.06. The monoisotopic (exact) mass is 512 g/mol. The lowest BCUT2D eigenvalue weighted by atomic mass is 8.68. The van der Waals surface area contributed by atoms with E-state index in [1.54, 1.807) is 0 Å². The predicted molar refractivity (Wildman–Crippen MR) is 160 cm³/mol. The molecule has 0 saturated carbocycles. The molecule has 0 aliphatic rings. The van der Waals surface area contributed by atoms with Gasteiger partial charge in [-0.3, -0.25) is 10.1 Å². The molecule has 0 fully saturated rings. The van der Waals surface area contributed by atoms with Crippen molar-refractivity contribution in [1.82, 2.24) is 0 Å². The van der Waals surface area contributed by atoms with Gasteiger partial charge in [-0.2, -0.15) is 0 Å². The summed E-state index contributed by atoms with van der Waals surface area (Å²) in [5, 5.41) is 27.6. The van der Waals surface area contributed by atoms with Crippen molar-refractivity contribution in [1.29, 1.82) is 0 Å². The van der Waals surface area contributed by atoms with Gasteiger partial charge in [-0.25, -0.2) is 9.59 Å². The van der Waals surface area contributed by atoms with Gasteiger partial charge in [0, 0.05) is 70.0 Å². The third-order valence-electron chi connectivity index (χ3n) is 3.99. The van der Waals surface area contributed by atoms with Crippen LogP contribution in [0.5, 0.6) is 11.5 Å². The third kappa shape index (κ3) is 15.1. The maximum absolute atomic E-state index is 10.5. The van der Waals surface area contributed by atoms with E-state index in [-0.39, 0.29) is 22.6 Å². The van der Waals surface area contributed by atoms with Crippen molar-refractivity contribution in [2.75, 3.05) is 20.0 Å². The minimum atomic E-state index is -1.15. The summed E-state index contributed by atoms with van der Waals surface area (Å²) in [4.78, 5) is 30.8. The first-order valence-corrected chi connectivity index (χ1v) is 11.3. The van der Waals surface area contributed by atoms with Crippen LogP contribution < -0.4 is 15.2 Å². The molecule has 10 radical (unpaired) electrons. The number of carboxylic acids is 2. The van der Waals surface area contributed by atoms with Crippen molar-refractivity contribution in [3.63, 3.8) is 0 Å². The minimum Gasteiger partial charge on any atom is -0.495 e. The molecule has 0 amide bonds. The summed E-state index contributed by atoms with van der Waals surface area (Å²) in [6.07, 6.45) is -1.78. The number of hydrogen-bond donors (Lipinski definition) is 3. The number of nitro benzene ring substituents is 1. The van der Waals surface area contributed by atoms with E-state index in [4.69, 9.17) is 64.1 Å². The maximum atomic E-state index is 10.5. The molecule has 0 spiro atoms. The smallest absolute Gasteiger partial charge is 0.335 e. The van der Waals surface area contributed by atoms with Crippen LogP contribution in [0.15, 0.2) is 36.4 Å². The number of nitrogens with two attached hydrogens (primary N) is 1. The van der Waals surface area contributed by atoms with Gasteiger partial charge in [-0.1, -0.05) is 27.7 Å². The summed E-state index contributed by atoms with van der Waals surface area (Å²) >= 11 is 0. The Morgan fingerprint density at radius 3 is 1.47 bits per heavy atom. The zero-order valence-corrected chi connectivity index (χ0v) is 22.5. The van der Waals surface area contributed by atoms with E-state index in [9.17, 15) is 19.7 Å². The number of ether oxygens (including phenoxy) is 2. The first-order valence-electron chi connectivity index (χ1n) is 11.3. The van der Waals surface area contributed by atoms with Gasteiger partial charge < -0.3 is 25.4 Å².